The molecule has 1 heterocycles. The molecule has 1 aromatic carbocycles. The third-order valence-corrected chi connectivity index (χ3v) is 5.33. The molecule has 0 amide bonds. The number of thiazole rings is 1. The van der Waals surface area contributed by atoms with E-state index in [0.717, 1.165) is 21.9 Å². The number of halogens is 1. The van der Waals surface area contributed by atoms with Gasteiger partial charge in [-0.2, -0.15) is 0 Å². The Morgan fingerprint density at radius 1 is 1.37 bits per heavy atom. The summed E-state index contributed by atoms with van der Waals surface area (Å²) in [6.07, 6.45) is 3.55. The van der Waals surface area contributed by atoms with E-state index in [9.17, 15) is 4.79 Å². The van der Waals surface area contributed by atoms with Gasteiger partial charge in [-0.3, -0.25) is 4.79 Å². The highest BCUT2D eigenvalue weighted by molar-refractivity contribution is 9.10. The van der Waals surface area contributed by atoms with Crippen LogP contribution in [0.4, 0.5) is 0 Å². The molecule has 98 valence electrons. The largest absolute Gasteiger partial charge is 0.481 e. The number of carbonyl (C=O) groups is 1. The zero-order valence-electron chi connectivity index (χ0n) is 10.1. The van der Waals surface area contributed by atoms with E-state index in [-0.39, 0.29) is 6.42 Å². The second-order valence-corrected chi connectivity index (χ2v) is 6.48. The highest BCUT2D eigenvalue weighted by Crippen LogP contribution is 2.34. The summed E-state index contributed by atoms with van der Waals surface area (Å²) in [6, 6.07) is 6.45. The topological polar surface area (TPSA) is 50.2 Å². The first-order valence-corrected chi connectivity index (χ1v) is 7.73. The number of hydrogen-bond acceptors (Lipinski definition) is 3. The number of carboxylic acids is 1. The van der Waals surface area contributed by atoms with E-state index in [1.54, 1.807) is 0 Å². The predicted molar refractivity (Wildman–Crippen MR) is 78.6 cm³/mol. The van der Waals surface area contributed by atoms with Crippen LogP contribution in [0.25, 0.3) is 10.6 Å². The molecule has 0 spiro atoms. The second kappa shape index (κ2) is 5.06. The van der Waals surface area contributed by atoms with Crippen molar-refractivity contribution in [2.24, 2.45) is 0 Å². The lowest BCUT2D eigenvalue weighted by Crippen LogP contribution is -1.98. The Morgan fingerprint density at radius 2 is 2.16 bits per heavy atom. The summed E-state index contributed by atoms with van der Waals surface area (Å²) in [6.45, 7) is 0. The van der Waals surface area contributed by atoms with Crippen LogP contribution >= 0.6 is 27.3 Å². The lowest BCUT2D eigenvalue weighted by molar-refractivity contribution is -0.136. The molecule has 0 aliphatic heterocycles. The Kier molecular flexibility index (Phi) is 3.41. The zero-order valence-corrected chi connectivity index (χ0v) is 12.6. The standard InChI is InChI=1S/C14H12BrNO2S/c15-13-11(7-12(17)18)19-14(16-13)10-5-4-8-2-1-3-9(8)6-10/h4-6H,1-3,7H2,(H,17,18). The number of fused-ring (bicyclic) bond motifs is 1. The van der Waals surface area contributed by atoms with E-state index >= 15 is 0 Å². The molecule has 0 radical (unpaired) electrons. The summed E-state index contributed by atoms with van der Waals surface area (Å²) in [5.74, 6) is -0.829. The maximum Gasteiger partial charge on any atom is 0.308 e. The minimum Gasteiger partial charge on any atom is -0.481 e. The molecule has 19 heavy (non-hydrogen) atoms. The smallest absolute Gasteiger partial charge is 0.308 e. The van der Waals surface area contributed by atoms with Gasteiger partial charge in [-0.1, -0.05) is 12.1 Å². The lowest BCUT2D eigenvalue weighted by Gasteiger charge is -2.01. The third kappa shape index (κ3) is 2.58. The number of rotatable bonds is 3. The van der Waals surface area contributed by atoms with Crippen LogP contribution < -0.4 is 0 Å². The van der Waals surface area contributed by atoms with Crippen molar-refractivity contribution in [2.75, 3.05) is 0 Å². The van der Waals surface area contributed by atoms with Gasteiger partial charge in [0.2, 0.25) is 0 Å². The SMILES string of the molecule is O=C(O)Cc1sc(-c2ccc3c(c2)CCC3)nc1Br. The van der Waals surface area contributed by atoms with Gasteiger partial charge in [0.05, 0.1) is 11.3 Å². The number of benzene rings is 1. The quantitative estimate of drug-likeness (QED) is 0.929. The molecule has 1 aromatic heterocycles. The van der Waals surface area contributed by atoms with Gasteiger partial charge in [-0.25, -0.2) is 4.98 Å². The van der Waals surface area contributed by atoms with E-state index in [0.29, 0.717) is 4.60 Å². The molecule has 1 aliphatic carbocycles. The Labute approximate surface area is 123 Å². The summed E-state index contributed by atoms with van der Waals surface area (Å²) < 4.78 is 0.649. The van der Waals surface area contributed by atoms with Crippen molar-refractivity contribution in [2.45, 2.75) is 25.7 Å². The molecule has 0 bridgehead atoms. The molecular weight excluding hydrogens is 326 g/mol. The van der Waals surface area contributed by atoms with Crippen LogP contribution in [-0.4, -0.2) is 16.1 Å². The first kappa shape index (κ1) is 12.8. The normalized spacial score (nSPS) is 13.5. The number of aryl methyl sites for hydroxylation is 2. The molecule has 3 nitrogen and oxygen atoms in total. The molecule has 1 aliphatic rings. The summed E-state index contributed by atoms with van der Waals surface area (Å²) in [5, 5.41) is 9.74. The van der Waals surface area contributed by atoms with Crippen molar-refractivity contribution >= 4 is 33.2 Å². The first-order chi connectivity index (χ1) is 9.13. The van der Waals surface area contributed by atoms with Gasteiger partial charge >= 0.3 is 5.97 Å². The molecule has 1 N–H and O–H groups in total. The molecule has 0 fully saturated rings. The summed E-state index contributed by atoms with van der Waals surface area (Å²) in [4.78, 5) is 16.0. The van der Waals surface area contributed by atoms with Crippen molar-refractivity contribution in [3.8, 4) is 10.6 Å². The maximum atomic E-state index is 10.8. The van der Waals surface area contributed by atoms with Crippen LogP contribution in [0.3, 0.4) is 0 Å². The number of nitrogens with zero attached hydrogens (tertiary/aromatic N) is 1. The molecule has 0 unspecified atom stereocenters. The third-order valence-electron chi connectivity index (χ3n) is 3.31. The molecule has 2 aromatic rings. The van der Waals surface area contributed by atoms with E-state index in [1.165, 1.54) is 35.3 Å². The Bertz CT molecular complexity index is 651. The zero-order chi connectivity index (χ0) is 13.4. The van der Waals surface area contributed by atoms with E-state index in [4.69, 9.17) is 5.11 Å². The number of aliphatic carboxylic acids is 1. The van der Waals surface area contributed by atoms with Crippen LogP contribution in [0.5, 0.6) is 0 Å². The summed E-state index contributed by atoms with van der Waals surface area (Å²) in [7, 11) is 0. The minimum absolute atomic E-state index is 0.0171. The second-order valence-electron chi connectivity index (χ2n) is 4.64. The fourth-order valence-electron chi connectivity index (χ4n) is 2.41. The summed E-state index contributed by atoms with van der Waals surface area (Å²) >= 11 is 4.79. The van der Waals surface area contributed by atoms with Crippen molar-refractivity contribution in [1.29, 1.82) is 0 Å². The molecular formula is C14H12BrNO2S. The van der Waals surface area contributed by atoms with Gasteiger partial charge < -0.3 is 5.11 Å². The first-order valence-electron chi connectivity index (χ1n) is 6.12. The molecule has 0 atom stereocenters. The number of carboxylic acid groups (broad SMARTS) is 1. The van der Waals surface area contributed by atoms with Gasteiger partial charge in [0.25, 0.3) is 0 Å². The molecule has 0 saturated heterocycles. The average Bonchev–Trinajstić information content (AvgIpc) is 2.95. The monoisotopic (exact) mass is 337 g/mol. The molecule has 0 saturated carbocycles. The number of hydrogen-bond donors (Lipinski definition) is 1. The van der Waals surface area contributed by atoms with Crippen molar-refractivity contribution in [1.82, 2.24) is 4.98 Å². The Morgan fingerprint density at radius 3 is 2.95 bits per heavy atom. The molecule has 3 rings (SSSR count). The Balaban J connectivity index is 1.96. The Hall–Kier alpha value is -1.20. The minimum atomic E-state index is -0.829. The van der Waals surface area contributed by atoms with Crippen LogP contribution in [0.2, 0.25) is 0 Å². The van der Waals surface area contributed by atoms with Crippen molar-refractivity contribution in [3.05, 3.63) is 38.8 Å². The van der Waals surface area contributed by atoms with Gasteiger partial charge in [-0.05, 0) is 52.4 Å². The maximum absolute atomic E-state index is 10.8. The van der Waals surface area contributed by atoms with Gasteiger partial charge in [0, 0.05) is 5.56 Å². The summed E-state index contributed by atoms with van der Waals surface area (Å²) in [5.41, 5.74) is 3.93. The molecule has 5 heteroatoms. The lowest BCUT2D eigenvalue weighted by atomic mass is 10.1. The fraction of sp³-hybridized carbons (Fsp3) is 0.286. The highest BCUT2D eigenvalue weighted by atomic mass is 79.9. The van der Waals surface area contributed by atoms with Crippen LogP contribution in [0.1, 0.15) is 22.4 Å². The van der Waals surface area contributed by atoms with E-state index < -0.39 is 5.97 Å². The van der Waals surface area contributed by atoms with E-state index in [2.05, 4.69) is 39.1 Å². The van der Waals surface area contributed by atoms with Gasteiger partial charge in [0.1, 0.15) is 9.61 Å². The van der Waals surface area contributed by atoms with Crippen molar-refractivity contribution < 1.29 is 9.90 Å². The van der Waals surface area contributed by atoms with Crippen LogP contribution in [0, 0.1) is 0 Å². The van der Waals surface area contributed by atoms with Crippen molar-refractivity contribution in [3.63, 3.8) is 0 Å². The number of aromatic nitrogens is 1. The van der Waals surface area contributed by atoms with E-state index in [1.807, 2.05) is 0 Å². The average molecular weight is 338 g/mol. The van der Waals surface area contributed by atoms with Gasteiger partial charge in [-0.15, -0.1) is 11.3 Å². The highest BCUT2D eigenvalue weighted by Gasteiger charge is 2.16. The van der Waals surface area contributed by atoms with Crippen LogP contribution in [-0.2, 0) is 24.1 Å². The fourth-order valence-corrected chi connectivity index (χ4v) is 4.03. The predicted octanol–water partition coefficient (Wildman–Crippen LogP) is 3.69. The van der Waals surface area contributed by atoms with Crippen LogP contribution in [0.15, 0.2) is 22.8 Å². The van der Waals surface area contributed by atoms with Gasteiger partial charge in [0.15, 0.2) is 0 Å².